The molecular formula is C16H22ClN3O. The third kappa shape index (κ3) is 4.67. The van der Waals surface area contributed by atoms with Crippen molar-refractivity contribution >= 4 is 17.3 Å². The van der Waals surface area contributed by atoms with Gasteiger partial charge in [0.15, 0.2) is 0 Å². The molecule has 1 aromatic heterocycles. The van der Waals surface area contributed by atoms with Crippen molar-refractivity contribution in [2.75, 3.05) is 5.32 Å². The van der Waals surface area contributed by atoms with E-state index in [-0.39, 0.29) is 6.10 Å². The van der Waals surface area contributed by atoms with E-state index in [1.165, 1.54) is 0 Å². The van der Waals surface area contributed by atoms with Crippen LogP contribution in [0.2, 0.25) is 5.02 Å². The lowest BCUT2D eigenvalue weighted by molar-refractivity contribution is 0.242. The van der Waals surface area contributed by atoms with Crippen molar-refractivity contribution in [3.63, 3.8) is 0 Å². The van der Waals surface area contributed by atoms with Crippen molar-refractivity contribution in [2.24, 2.45) is 0 Å². The lowest BCUT2D eigenvalue weighted by Gasteiger charge is -2.12. The zero-order valence-electron chi connectivity index (χ0n) is 12.8. The number of halogens is 1. The molecule has 1 aromatic carbocycles. The lowest BCUT2D eigenvalue weighted by Crippen LogP contribution is -2.06. The average molecular weight is 308 g/mol. The number of nitrogens with one attached hydrogen (secondary N) is 1. The number of aryl methyl sites for hydroxylation is 1. The molecule has 0 saturated heterocycles. The summed E-state index contributed by atoms with van der Waals surface area (Å²) in [4.78, 5) is 0. The summed E-state index contributed by atoms with van der Waals surface area (Å²) in [6, 6.07) is 5.75. The summed E-state index contributed by atoms with van der Waals surface area (Å²) < 4.78 is 7.58. The fourth-order valence-corrected chi connectivity index (χ4v) is 2.24. The summed E-state index contributed by atoms with van der Waals surface area (Å²) in [6.45, 7) is 7.78. The number of benzene rings is 1. The molecule has 0 saturated carbocycles. The Morgan fingerprint density at radius 2 is 2.19 bits per heavy atom. The van der Waals surface area contributed by atoms with Gasteiger partial charge in [-0.1, -0.05) is 18.5 Å². The Labute approximate surface area is 131 Å². The molecule has 5 heteroatoms. The number of ether oxygens (including phenoxy) is 1. The first kappa shape index (κ1) is 15.7. The largest absolute Gasteiger partial charge is 0.489 e. The summed E-state index contributed by atoms with van der Waals surface area (Å²) in [7, 11) is 0. The number of hydrogen-bond donors (Lipinski definition) is 1. The summed E-state index contributed by atoms with van der Waals surface area (Å²) in [5.74, 6) is 0.716. The van der Waals surface area contributed by atoms with Crippen LogP contribution in [0.5, 0.6) is 5.75 Å². The molecule has 0 amide bonds. The first-order chi connectivity index (χ1) is 10.1. The highest BCUT2D eigenvalue weighted by molar-refractivity contribution is 6.32. The molecule has 0 atom stereocenters. The third-order valence-corrected chi connectivity index (χ3v) is 3.23. The Hall–Kier alpha value is -1.68. The molecular weight excluding hydrogens is 286 g/mol. The van der Waals surface area contributed by atoms with Gasteiger partial charge in [0.1, 0.15) is 5.75 Å². The molecule has 2 aromatic rings. The smallest absolute Gasteiger partial charge is 0.138 e. The van der Waals surface area contributed by atoms with E-state index in [0.717, 1.165) is 30.8 Å². The van der Waals surface area contributed by atoms with E-state index in [2.05, 4.69) is 23.5 Å². The normalized spacial score (nSPS) is 10.9. The van der Waals surface area contributed by atoms with Crippen LogP contribution in [0, 0.1) is 0 Å². The number of hydrogen-bond acceptors (Lipinski definition) is 3. The van der Waals surface area contributed by atoms with Gasteiger partial charge in [-0.05, 0) is 38.5 Å². The number of anilines is 1. The van der Waals surface area contributed by atoms with Crippen LogP contribution in [-0.2, 0) is 13.1 Å². The number of rotatable bonds is 7. The summed E-state index contributed by atoms with van der Waals surface area (Å²) in [5, 5.41) is 8.28. The SMILES string of the molecule is CCCn1cc(CNc2ccc(OC(C)C)c(Cl)c2)cn1. The van der Waals surface area contributed by atoms with Gasteiger partial charge in [0.05, 0.1) is 17.3 Å². The molecule has 4 nitrogen and oxygen atoms in total. The van der Waals surface area contributed by atoms with Gasteiger partial charge in [-0.3, -0.25) is 4.68 Å². The molecule has 0 radical (unpaired) electrons. The van der Waals surface area contributed by atoms with E-state index in [1.807, 2.05) is 42.9 Å². The lowest BCUT2D eigenvalue weighted by atomic mass is 10.2. The molecule has 1 heterocycles. The molecule has 0 aliphatic rings. The highest BCUT2D eigenvalue weighted by Crippen LogP contribution is 2.28. The molecule has 2 rings (SSSR count). The van der Waals surface area contributed by atoms with E-state index >= 15 is 0 Å². The van der Waals surface area contributed by atoms with Gasteiger partial charge in [0, 0.05) is 30.5 Å². The van der Waals surface area contributed by atoms with Crippen LogP contribution in [0.1, 0.15) is 32.8 Å². The van der Waals surface area contributed by atoms with Crippen LogP contribution in [0.15, 0.2) is 30.6 Å². The zero-order valence-corrected chi connectivity index (χ0v) is 13.5. The molecule has 0 unspecified atom stereocenters. The minimum absolute atomic E-state index is 0.116. The van der Waals surface area contributed by atoms with Gasteiger partial charge in [0.2, 0.25) is 0 Å². The Morgan fingerprint density at radius 3 is 2.86 bits per heavy atom. The second kappa shape index (κ2) is 7.36. The molecule has 114 valence electrons. The summed E-state index contributed by atoms with van der Waals surface area (Å²) in [5.41, 5.74) is 2.13. The topological polar surface area (TPSA) is 39.1 Å². The Kier molecular flexibility index (Phi) is 5.51. The van der Waals surface area contributed by atoms with Crippen LogP contribution >= 0.6 is 11.6 Å². The molecule has 21 heavy (non-hydrogen) atoms. The molecule has 0 fully saturated rings. The fourth-order valence-electron chi connectivity index (χ4n) is 2.01. The molecule has 0 bridgehead atoms. The van der Waals surface area contributed by atoms with Crippen molar-refractivity contribution in [3.8, 4) is 5.75 Å². The first-order valence-corrected chi connectivity index (χ1v) is 7.67. The average Bonchev–Trinajstić information content (AvgIpc) is 2.87. The van der Waals surface area contributed by atoms with Gasteiger partial charge >= 0.3 is 0 Å². The van der Waals surface area contributed by atoms with E-state index in [0.29, 0.717) is 10.8 Å². The van der Waals surface area contributed by atoms with Crippen LogP contribution in [0.3, 0.4) is 0 Å². The highest BCUT2D eigenvalue weighted by atomic mass is 35.5. The maximum Gasteiger partial charge on any atom is 0.138 e. The van der Waals surface area contributed by atoms with Crippen LogP contribution in [0.25, 0.3) is 0 Å². The van der Waals surface area contributed by atoms with E-state index in [9.17, 15) is 0 Å². The summed E-state index contributed by atoms with van der Waals surface area (Å²) >= 11 is 6.22. The van der Waals surface area contributed by atoms with Gasteiger partial charge in [0.25, 0.3) is 0 Å². The Morgan fingerprint density at radius 1 is 1.38 bits per heavy atom. The van der Waals surface area contributed by atoms with Gasteiger partial charge in [-0.25, -0.2) is 0 Å². The maximum atomic E-state index is 6.22. The minimum atomic E-state index is 0.116. The quantitative estimate of drug-likeness (QED) is 0.826. The highest BCUT2D eigenvalue weighted by Gasteiger charge is 2.05. The van der Waals surface area contributed by atoms with Gasteiger partial charge in [-0.15, -0.1) is 0 Å². The minimum Gasteiger partial charge on any atom is -0.489 e. The van der Waals surface area contributed by atoms with Crippen LogP contribution < -0.4 is 10.1 Å². The monoisotopic (exact) mass is 307 g/mol. The van der Waals surface area contributed by atoms with E-state index < -0.39 is 0 Å². The number of aromatic nitrogens is 2. The summed E-state index contributed by atoms with van der Waals surface area (Å²) in [6.07, 6.45) is 5.15. The predicted molar refractivity (Wildman–Crippen MR) is 87.1 cm³/mol. The molecule has 0 aliphatic carbocycles. The van der Waals surface area contributed by atoms with Crippen molar-refractivity contribution in [2.45, 2.75) is 46.4 Å². The standard InChI is InChI=1S/C16H22ClN3O/c1-4-7-20-11-13(10-19-20)9-18-14-5-6-16(15(17)8-14)21-12(2)3/h5-6,8,10-12,18H,4,7,9H2,1-3H3. The number of nitrogens with zero attached hydrogens (tertiary/aromatic N) is 2. The van der Waals surface area contributed by atoms with Gasteiger partial charge < -0.3 is 10.1 Å². The van der Waals surface area contributed by atoms with Crippen LogP contribution in [0.4, 0.5) is 5.69 Å². The Balaban J connectivity index is 1.94. The molecule has 1 N–H and O–H groups in total. The fraction of sp³-hybridized carbons (Fsp3) is 0.438. The molecule has 0 aliphatic heterocycles. The van der Waals surface area contributed by atoms with Crippen LogP contribution in [-0.4, -0.2) is 15.9 Å². The maximum absolute atomic E-state index is 6.22. The Bertz CT molecular complexity index is 581. The van der Waals surface area contributed by atoms with E-state index in [1.54, 1.807) is 0 Å². The third-order valence-electron chi connectivity index (χ3n) is 2.93. The second-order valence-electron chi connectivity index (χ2n) is 5.28. The second-order valence-corrected chi connectivity index (χ2v) is 5.68. The molecule has 0 spiro atoms. The predicted octanol–water partition coefficient (Wildman–Crippen LogP) is 4.35. The van der Waals surface area contributed by atoms with Crippen molar-refractivity contribution in [3.05, 3.63) is 41.2 Å². The first-order valence-electron chi connectivity index (χ1n) is 7.30. The zero-order chi connectivity index (χ0) is 15.2. The van der Waals surface area contributed by atoms with Crippen molar-refractivity contribution in [1.82, 2.24) is 9.78 Å². The van der Waals surface area contributed by atoms with Crippen molar-refractivity contribution < 1.29 is 4.74 Å². The van der Waals surface area contributed by atoms with E-state index in [4.69, 9.17) is 16.3 Å². The van der Waals surface area contributed by atoms with Crippen molar-refractivity contribution in [1.29, 1.82) is 0 Å². The van der Waals surface area contributed by atoms with Gasteiger partial charge in [-0.2, -0.15) is 5.10 Å².